The Hall–Kier alpha value is -1.47. The summed E-state index contributed by atoms with van der Waals surface area (Å²) in [5.74, 6) is 2.30. The predicted octanol–water partition coefficient (Wildman–Crippen LogP) is 4.74. The summed E-state index contributed by atoms with van der Waals surface area (Å²) in [5, 5.41) is 5.70. The fourth-order valence-electron chi connectivity index (χ4n) is 2.84. The maximum Gasteiger partial charge on any atom is 0.0200 e. The van der Waals surface area contributed by atoms with Crippen molar-refractivity contribution in [3.8, 4) is 0 Å². The summed E-state index contributed by atoms with van der Waals surface area (Å²) in [4.78, 5) is 0. The van der Waals surface area contributed by atoms with Crippen molar-refractivity contribution >= 4 is 33.3 Å². The number of rotatable bonds is 0. The monoisotopic (exact) mass is 236 g/mol. The van der Waals surface area contributed by atoms with E-state index in [9.17, 15) is 0 Å². The molecule has 0 N–H and O–H groups in total. The second kappa shape index (κ2) is 3.51. The molecule has 1 aliphatic rings. The number of hydrogen-bond acceptors (Lipinski definition) is 1. The lowest BCUT2D eigenvalue weighted by atomic mass is 9.94. The van der Waals surface area contributed by atoms with Crippen molar-refractivity contribution in [2.24, 2.45) is 0 Å². The van der Waals surface area contributed by atoms with E-state index in [2.05, 4.69) is 48.5 Å². The minimum absolute atomic E-state index is 1.15. The van der Waals surface area contributed by atoms with E-state index in [0.29, 0.717) is 0 Å². The van der Waals surface area contributed by atoms with E-state index in [1.54, 1.807) is 0 Å². The molecular weight excluding hydrogens is 224 g/mol. The third-order valence-corrected chi connectivity index (χ3v) is 4.59. The molecule has 3 aromatic rings. The summed E-state index contributed by atoms with van der Waals surface area (Å²) in [5.41, 5.74) is 3.03. The minimum Gasteiger partial charge on any atom is -0.152 e. The first-order valence-electron chi connectivity index (χ1n) is 5.93. The molecule has 1 heterocycles. The lowest BCUT2D eigenvalue weighted by Gasteiger charge is -2.19. The topological polar surface area (TPSA) is 0 Å². The Morgan fingerprint density at radius 2 is 1.71 bits per heavy atom. The van der Waals surface area contributed by atoms with Gasteiger partial charge in [0.1, 0.15) is 0 Å². The van der Waals surface area contributed by atoms with E-state index < -0.39 is 0 Å². The molecule has 0 fully saturated rings. The molecule has 0 unspecified atom stereocenters. The zero-order valence-corrected chi connectivity index (χ0v) is 10.3. The molecule has 0 spiro atoms. The Kier molecular flexibility index (Phi) is 1.97. The van der Waals surface area contributed by atoms with Gasteiger partial charge in [0, 0.05) is 11.5 Å². The second-order valence-corrected chi connectivity index (χ2v) is 5.57. The van der Waals surface area contributed by atoms with Crippen molar-refractivity contribution in [1.82, 2.24) is 0 Å². The Morgan fingerprint density at radius 1 is 0.824 bits per heavy atom. The van der Waals surface area contributed by atoms with Gasteiger partial charge in [-0.05, 0) is 38.7 Å². The average molecular weight is 236 g/mol. The van der Waals surface area contributed by atoms with Crippen LogP contribution in [0, 0.1) is 0 Å². The highest BCUT2D eigenvalue weighted by molar-refractivity contribution is 7.97. The van der Waals surface area contributed by atoms with E-state index in [0.717, 1.165) is 11.5 Å². The fraction of sp³-hybridized carbons (Fsp3) is 0.125. The molecule has 1 heteroatoms. The standard InChI is InChI=1S/C16H12S/c1-2-7-14-11(4-1)8-12-5-3-6-13-9-17-10-15(14)16(12)13/h1-8H,9-10H2. The lowest BCUT2D eigenvalue weighted by Crippen LogP contribution is -1.97. The van der Waals surface area contributed by atoms with Crippen molar-refractivity contribution in [2.45, 2.75) is 11.5 Å². The largest absolute Gasteiger partial charge is 0.152 e. The van der Waals surface area contributed by atoms with E-state index in [-0.39, 0.29) is 0 Å². The summed E-state index contributed by atoms with van der Waals surface area (Å²) in [6.07, 6.45) is 0. The van der Waals surface area contributed by atoms with Crippen molar-refractivity contribution in [3.05, 3.63) is 59.7 Å². The molecule has 0 bridgehead atoms. The van der Waals surface area contributed by atoms with E-state index in [1.165, 1.54) is 32.7 Å². The van der Waals surface area contributed by atoms with Crippen LogP contribution in [0.15, 0.2) is 48.5 Å². The van der Waals surface area contributed by atoms with Crippen LogP contribution in [0.5, 0.6) is 0 Å². The van der Waals surface area contributed by atoms with Gasteiger partial charge < -0.3 is 0 Å². The summed E-state index contributed by atoms with van der Waals surface area (Å²) in [7, 11) is 0. The number of thioether (sulfide) groups is 1. The van der Waals surface area contributed by atoms with Gasteiger partial charge in [-0.15, -0.1) is 0 Å². The maximum absolute atomic E-state index is 2.33. The third kappa shape index (κ3) is 1.32. The quantitative estimate of drug-likeness (QED) is 0.508. The van der Waals surface area contributed by atoms with Crippen LogP contribution in [0.4, 0.5) is 0 Å². The van der Waals surface area contributed by atoms with Crippen LogP contribution >= 0.6 is 11.8 Å². The van der Waals surface area contributed by atoms with Crippen LogP contribution in [0.1, 0.15) is 11.1 Å². The molecular formula is C16H12S. The Balaban J connectivity index is 2.30. The summed E-state index contributed by atoms with van der Waals surface area (Å²) in [6.45, 7) is 0. The van der Waals surface area contributed by atoms with Crippen LogP contribution in [-0.4, -0.2) is 0 Å². The zero-order chi connectivity index (χ0) is 11.2. The van der Waals surface area contributed by atoms with Crippen LogP contribution in [0.25, 0.3) is 21.5 Å². The molecule has 1 aliphatic heterocycles. The highest BCUT2D eigenvalue weighted by Gasteiger charge is 2.14. The van der Waals surface area contributed by atoms with Gasteiger partial charge in [-0.3, -0.25) is 0 Å². The highest BCUT2D eigenvalue weighted by atomic mass is 32.2. The van der Waals surface area contributed by atoms with Crippen LogP contribution in [-0.2, 0) is 11.5 Å². The number of fused-ring (bicyclic) bond motifs is 2. The summed E-state index contributed by atoms with van der Waals surface area (Å²) < 4.78 is 0. The van der Waals surface area contributed by atoms with Crippen LogP contribution in [0.3, 0.4) is 0 Å². The number of benzene rings is 3. The van der Waals surface area contributed by atoms with Crippen LogP contribution < -0.4 is 0 Å². The van der Waals surface area contributed by atoms with Gasteiger partial charge in [0.05, 0.1) is 0 Å². The normalized spacial score (nSPS) is 14.4. The van der Waals surface area contributed by atoms with Gasteiger partial charge >= 0.3 is 0 Å². The molecule has 17 heavy (non-hydrogen) atoms. The summed E-state index contributed by atoms with van der Waals surface area (Å²) >= 11 is 2.03. The maximum atomic E-state index is 2.33. The molecule has 0 radical (unpaired) electrons. The van der Waals surface area contributed by atoms with E-state index >= 15 is 0 Å². The van der Waals surface area contributed by atoms with Crippen molar-refractivity contribution in [3.63, 3.8) is 0 Å². The Morgan fingerprint density at radius 3 is 2.71 bits per heavy atom. The molecule has 0 atom stereocenters. The van der Waals surface area contributed by atoms with Gasteiger partial charge in [0.15, 0.2) is 0 Å². The van der Waals surface area contributed by atoms with Gasteiger partial charge in [0.2, 0.25) is 0 Å². The van der Waals surface area contributed by atoms with Crippen molar-refractivity contribution in [1.29, 1.82) is 0 Å². The van der Waals surface area contributed by atoms with Gasteiger partial charge in [-0.2, -0.15) is 11.8 Å². The molecule has 4 rings (SSSR count). The van der Waals surface area contributed by atoms with Crippen LogP contribution in [0.2, 0.25) is 0 Å². The number of hydrogen-bond donors (Lipinski definition) is 0. The first-order chi connectivity index (χ1) is 8.43. The molecule has 0 nitrogen and oxygen atoms in total. The average Bonchev–Trinajstić information content (AvgIpc) is 2.39. The SMILES string of the molecule is c1ccc2c3c4c(cccc4cc2c1)CSC3. The molecule has 0 amide bonds. The Bertz CT molecular complexity index is 728. The van der Waals surface area contributed by atoms with Gasteiger partial charge in [-0.25, -0.2) is 0 Å². The molecule has 0 aliphatic carbocycles. The van der Waals surface area contributed by atoms with Crippen molar-refractivity contribution < 1.29 is 0 Å². The molecule has 82 valence electrons. The Labute approximate surface area is 105 Å². The highest BCUT2D eigenvalue weighted by Crippen LogP contribution is 2.38. The van der Waals surface area contributed by atoms with Gasteiger partial charge in [0.25, 0.3) is 0 Å². The smallest absolute Gasteiger partial charge is 0.0200 e. The molecule has 3 aromatic carbocycles. The predicted molar refractivity (Wildman–Crippen MR) is 76.5 cm³/mol. The van der Waals surface area contributed by atoms with E-state index in [1.807, 2.05) is 11.8 Å². The fourth-order valence-corrected chi connectivity index (χ4v) is 3.91. The zero-order valence-electron chi connectivity index (χ0n) is 9.44. The van der Waals surface area contributed by atoms with Crippen molar-refractivity contribution in [2.75, 3.05) is 0 Å². The minimum atomic E-state index is 1.15. The third-order valence-electron chi connectivity index (χ3n) is 3.59. The summed E-state index contributed by atoms with van der Waals surface area (Å²) in [6, 6.07) is 17.8. The van der Waals surface area contributed by atoms with E-state index in [4.69, 9.17) is 0 Å². The second-order valence-electron chi connectivity index (χ2n) is 4.58. The lowest BCUT2D eigenvalue weighted by molar-refractivity contribution is 1.37. The molecule has 0 saturated heterocycles. The molecule has 0 aromatic heterocycles. The first kappa shape index (κ1) is 9.55. The first-order valence-corrected chi connectivity index (χ1v) is 7.09. The molecule has 0 saturated carbocycles. The van der Waals surface area contributed by atoms with Gasteiger partial charge in [-0.1, -0.05) is 42.5 Å².